The van der Waals surface area contributed by atoms with Crippen molar-refractivity contribution in [2.75, 3.05) is 17.9 Å². The summed E-state index contributed by atoms with van der Waals surface area (Å²) in [6, 6.07) is 23.0. The summed E-state index contributed by atoms with van der Waals surface area (Å²) in [5.41, 5.74) is 1.44. The Bertz CT molecular complexity index is 971. The molecule has 0 heterocycles. The Kier molecular flexibility index (Phi) is 5.98. The zero-order valence-corrected chi connectivity index (χ0v) is 15.8. The van der Waals surface area contributed by atoms with Crippen molar-refractivity contribution < 1.29 is 17.9 Å². The normalized spacial score (nSPS) is 11.0. The molecule has 3 aromatic rings. The minimum atomic E-state index is -3.64. The predicted molar refractivity (Wildman–Crippen MR) is 106 cm³/mol. The number of nitrogens with one attached hydrogen (secondary N) is 1. The van der Waals surface area contributed by atoms with Crippen LogP contribution < -0.4 is 14.2 Å². The Morgan fingerprint density at radius 1 is 0.778 bits per heavy atom. The molecule has 5 nitrogen and oxygen atoms in total. The largest absolute Gasteiger partial charge is 0.490 e. The molecule has 0 amide bonds. The molecule has 1 N–H and O–H groups in total. The first-order valence-corrected chi connectivity index (χ1v) is 10.0. The fourth-order valence-electron chi connectivity index (χ4n) is 2.42. The molecule has 0 aliphatic carbocycles. The second-order valence-corrected chi connectivity index (χ2v) is 7.64. The summed E-state index contributed by atoms with van der Waals surface area (Å²) in [5, 5.41) is 0. The van der Waals surface area contributed by atoms with Crippen LogP contribution in [0.1, 0.15) is 5.56 Å². The van der Waals surface area contributed by atoms with Gasteiger partial charge in [0.1, 0.15) is 24.7 Å². The predicted octanol–water partition coefficient (Wildman–Crippen LogP) is 4.25. The second-order valence-electron chi connectivity index (χ2n) is 5.96. The lowest BCUT2D eigenvalue weighted by Gasteiger charge is -2.11. The molecule has 0 atom stereocenters. The number of benzene rings is 3. The van der Waals surface area contributed by atoms with E-state index in [4.69, 9.17) is 9.47 Å². The molecule has 3 rings (SSSR count). The van der Waals surface area contributed by atoms with Crippen molar-refractivity contribution in [3.05, 3.63) is 84.4 Å². The average molecular weight is 383 g/mol. The fourth-order valence-corrected chi connectivity index (χ4v) is 3.47. The van der Waals surface area contributed by atoms with Gasteiger partial charge in [0, 0.05) is 6.07 Å². The van der Waals surface area contributed by atoms with Crippen LogP contribution in [0.3, 0.4) is 0 Å². The van der Waals surface area contributed by atoms with Gasteiger partial charge in [-0.05, 0) is 43.3 Å². The number of sulfonamides is 1. The lowest BCUT2D eigenvalue weighted by molar-refractivity contribution is 0.217. The first-order valence-electron chi connectivity index (χ1n) is 8.53. The summed E-state index contributed by atoms with van der Waals surface area (Å²) in [5.74, 6) is 1.34. The standard InChI is InChI=1S/C21H21NO4S/c1-17-10-12-21(13-11-17)27(23,24)22-18-6-5-9-20(16-18)26-15-14-25-19-7-3-2-4-8-19/h2-13,16,22H,14-15H2,1H3. The van der Waals surface area contributed by atoms with E-state index in [1.165, 1.54) is 0 Å². The van der Waals surface area contributed by atoms with Gasteiger partial charge >= 0.3 is 0 Å². The number of hydrogen-bond acceptors (Lipinski definition) is 4. The van der Waals surface area contributed by atoms with Gasteiger partial charge in [-0.1, -0.05) is 42.0 Å². The Morgan fingerprint density at radius 2 is 1.41 bits per heavy atom. The third-order valence-electron chi connectivity index (χ3n) is 3.78. The first kappa shape index (κ1) is 18.8. The van der Waals surface area contributed by atoms with Crippen molar-refractivity contribution in [3.63, 3.8) is 0 Å². The Hall–Kier alpha value is -2.99. The quantitative estimate of drug-likeness (QED) is 0.591. The molecule has 0 aromatic heterocycles. The van der Waals surface area contributed by atoms with Crippen LogP contribution in [0.4, 0.5) is 5.69 Å². The summed E-state index contributed by atoms with van der Waals surface area (Å²) < 4.78 is 38.7. The van der Waals surface area contributed by atoms with Crippen LogP contribution in [0, 0.1) is 6.92 Å². The molecule has 6 heteroatoms. The Morgan fingerprint density at radius 3 is 2.11 bits per heavy atom. The molecular weight excluding hydrogens is 362 g/mol. The molecule has 0 saturated carbocycles. The highest BCUT2D eigenvalue weighted by Crippen LogP contribution is 2.21. The number of hydrogen-bond donors (Lipinski definition) is 1. The third kappa shape index (κ3) is 5.49. The fraction of sp³-hybridized carbons (Fsp3) is 0.143. The minimum absolute atomic E-state index is 0.218. The van der Waals surface area contributed by atoms with Gasteiger partial charge in [0.2, 0.25) is 0 Å². The van der Waals surface area contributed by atoms with Gasteiger partial charge in [-0.3, -0.25) is 4.72 Å². The van der Waals surface area contributed by atoms with Gasteiger partial charge in [0.15, 0.2) is 0 Å². The molecule has 0 radical (unpaired) electrons. The topological polar surface area (TPSA) is 64.6 Å². The van der Waals surface area contributed by atoms with E-state index in [1.54, 1.807) is 48.5 Å². The smallest absolute Gasteiger partial charge is 0.261 e. The van der Waals surface area contributed by atoms with E-state index in [9.17, 15) is 8.42 Å². The van der Waals surface area contributed by atoms with E-state index < -0.39 is 10.0 Å². The van der Waals surface area contributed by atoms with Crippen molar-refractivity contribution in [2.45, 2.75) is 11.8 Å². The molecule has 140 valence electrons. The molecule has 0 bridgehead atoms. The lowest BCUT2D eigenvalue weighted by atomic mass is 10.2. The van der Waals surface area contributed by atoms with Gasteiger partial charge in [0.25, 0.3) is 10.0 Å². The Balaban J connectivity index is 1.57. The zero-order valence-electron chi connectivity index (χ0n) is 15.0. The number of anilines is 1. The maximum absolute atomic E-state index is 12.5. The van der Waals surface area contributed by atoms with Crippen LogP contribution in [0.25, 0.3) is 0 Å². The van der Waals surface area contributed by atoms with Crippen molar-refractivity contribution in [1.29, 1.82) is 0 Å². The van der Waals surface area contributed by atoms with E-state index in [1.807, 2.05) is 37.3 Å². The van der Waals surface area contributed by atoms with E-state index >= 15 is 0 Å². The summed E-state index contributed by atoms with van der Waals surface area (Å²) in [4.78, 5) is 0.218. The highest BCUT2D eigenvalue weighted by atomic mass is 32.2. The molecule has 0 saturated heterocycles. The van der Waals surface area contributed by atoms with Gasteiger partial charge in [-0.15, -0.1) is 0 Å². The molecule has 0 aliphatic rings. The molecule has 0 unspecified atom stereocenters. The van der Waals surface area contributed by atoms with Crippen LogP contribution in [-0.2, 0) is 10.0 Å². The lowest BCUT2D eigenvalue weighted by Crippen LogP contribution is -2.13. The van der Waals surface area contributed by atoms with Gasteiger partial charge in [0.05, 0.1) is 10.6 Å². The summed E-state index contributed by atoms with van der Waals surface area (Å²) >= 11 is 0. The number of para-hydroxylation sites is 1. The number of ether oxygens (including phenoxy) is 2. The number of aryl methyl sites for hydroxylation is 1. The van der Waals surface area contributed by atoms with E-state index in [2.05, 4.69) is 4.72 Å². The van der Waals surface area contributed by atoms with Gasteiger partial charge in [-0.2, -0.15) is 0 Å². The van der Waals surface area contributed by atoms with E-state index in [-0.39, 0.29) is 4.90 Å². The first-order chi connectivity index (χ1) is 13.0. The van der Waals surface area contributed by atoms with Crippen LogP contribution >= 0.6 is 0 Å². The second kappa shape index (κ2) is 8.60. The molecule has 0 fully saturated rings. The van der Waals surface area contributed by atoms with Gasteiger partial charge in [-0.25, -0.2) is 8.42 Å². The van der Waals surface area contributed by atoms with Crippen LogP contribution in [-0.4, -0.2) is 21.6 Å². The van der Waals surface area contributed by atoms with Crippen LogP contribution in [0.15, 0.2) is 83.8 Å². The third-order valence-corrected chi connectivity index (χ3v) is 5.18. The van der Waals surface area contributed by atoms with Crippen molar-refractivity contribution in [2.24, 2.45) is 0 Å². The van der Waals surface area contributed by atoms with Crippen LogP contribution in [0.5, 0.6) is 11.5 Å². The minimum Gasteiger partial charge on any atom is -0.490 e. The maximum atomic E-state index is 12.5. The average Bonchev–Trinajstić information content (AvgIpc) is 2.66. The monoisotopic (exact) mass is 383 g/mol. The molecule has 0 spiro atoms. The Labute approximate surface area is 159 Å². The van der Waals surface area contributed by atoms with Crippen LogP contribution in [0.2, 0.25) is 0 Å². The maximum Gasteiger partial charge on any atom is 0.261 e. The van der Waals surface area contributed by atoms with E-state index in [0.29, 0.717) is 24.7 Å². The summed E-state index contributed by atoms with van der Waals surface area (Å²) in [6.07, 6.45) is 0. The molecule has 27 heavy (non-hydrogen) atoms. The zero-order chi connectivity index (χ0) is 19.1. The van der Waals surface area contributed by atoms with Crippen molar-refractivity contribution in [3.8, 4) is 11.5 Å². The molecule has 0 aliphatic heterocycles. The molecule has 3 aromatic carbocycles. The van der Waals surface area contributed by atoms with Crippen molar-refractivity contribution in [1.82, 2.24) is 0 Å². The van der Waals surface area contributed by atoms with E-state index in [0.717, 1.165) is 11.3 Å². The summed E-state index contributed by atoms with van der Waals surface area (Å²) in [7, 11) is -3.64. The molecular formula is C21H21NO4S. The van der Waals surface area contributed by atoms with Crippen molar-refractivity contribution >= 4 is 15.7 Å². The summed E-state index contributed by atoms with van der Waals surface area (Å²) in [6.45, 7) is 2.65. The van der Waals surface area contributed by atoms with Gasteiger partial charge < -0.3 is 9.47 Å². The SMILES string of the molecule is Cc1ccc(S(=O)(=O)Nc2cccc(OCCOc3ccccc3)c2)cc1. The number of rotatable bonds is 8. The highest BCUT2D eigenvalue weighted by Gasteiger charge is 2.14. The highest BCUT2D eigenvalue weighted by molar-refractivity contribution is 7.92.